The van der Waals surface area contributed by atoms with E-state index in [0.717, 1.165) is 10.9 Å². The second-order valence-corrected chi connectivity index (χ2v) is 4.84. The molecule has 3 rings (SSSR count). The molecule has 0 amide bonds. The van der Waals surface area contributed by atoms with Gasteiger partial charge in [-0.15, -0.1) is 6.58 Å². The van der Waals surface area contributed by atoms with Crippen LogP contribution in [0.25, 0.3) is 16.4 Å². The van der Waals surface area contributed by atoms with E-state index in [1.54, 1.807) is 12.4 Å². The van der Waals surface area contributed by atoms with E-state index >= 15 is 0 Å². The summed E-state index contributed by atoms with van der Waals surface area (Å²) in [6.07, 6.45) is 3.28. The minimum absolute atomic E-state index is 0.292. The third kappa shape index (κ3) is 2.10. The fraction of sp³-hybridized carbons (Fsp3) is 0.0769. The summed E-state index contributed by atoms with van der Waals surface area (Å²) < 4.78 is 1.49. The summed E-state index contributed by atoms with van der Waals surface area (Å²) in [4.78, 5) is 8.27. The van der Waals surface area contributed by atoms with Crippen LogP contribution in [0.2, 0.25) is 0 Å². The lowest BCUT2D eigenvalue weighted by atomic mass is 10.2. The first-order chi connectivity index (χ1) is 9.29. The van der Waals surface area contributed by atoms with Gasteiger partial charge < -0.3 is 5.11 Å². The zero-order chi connectivity index (χ0) is 13.2. The second kappa shape index (κ2) is 4.81. The van der Waals surface area contributed by atoms with Gasteiger partial charge in [0.05, 0.1) is 5.39 Å². The lowest BCUT2D eigenvalue weighted by Crippen LogP contribution is -2.30. The first-order valence-electron chi connectivity index (χ1n) is 5.68. The molecule has 0 fully saturated rings. The minimum atomic E-state index is -0.292. The van der Waals surface area contributed by atoms with Crippen molar-refractivity contribution in [2.75, 3.05) is 5.75 Å². The molecule has 0 bridgehead atoms. The third-order valence-electron chi connectivity index (χ3n) is 2.62. The molecular formula is C13H10N4OS. The van der Waals surface area contributed by atoms with Crippen LogP contribution in [0.1, 0.15) is 0 Å². The minimum Gasteiger partial charge on any atom is -0.856 e. The molecule has 0 spiro atoms. The van der Waals surface area contributed by atoms with Gasteiger partial charge in [-0.2, -0.15) is 0 Å². The van der Waals surface area contributed by atoms with E-state index in [1.165, 1.54) is 16.3 Å². The van der Waals surface area contributed by atoms with Crippen molar-refractivity contribution < 1.29 is 9.62 Å². The molecule has 0 aliphatic carbocycles. The monoisotopic (exact) mass is 270 g/mol. The van der Waals surface area contributed by atoms with E-state index in [0.29, 0.717) is 16.4 Å². The maximum atomic E-state index is 12.1. The van der Waals surface area contributed by atoms with Crippen LogP contribution < -0.4 is 9.62 Å². The molecule has 1 aromatic carbocycles. The summed E-state index contributed by atoms with van der Waals surface area (Å²) in [6, 6.07) is 7.45. The topological polar surface area (TPSA) is 65.8 Å². The number of benzene rings is 1. The highest BCUT2D eigenvalue weighted by Gasteiger charge is 2.12. The number of para-hydroxylation sites is 1. The van der Waals surface area contributed by atoms with E-state index < -0.39 is 0 Å². The van der Waals surface area contributed by atoms with Crippen molar-refractivity contribution in [3.8, 4) is 5.88 Å². The Balaban J connectivity index is 2.27. The Hall–Kier alpha value is -2.21. The van der Waals surface area contributed by atoms with E-state index in [4.69, 9.17) is 0 Å². The summed E-state index contributed by atoms with van der Waals surface area (Å²) in [5.74, 6) is 0.368. The van der Waals surface area contributed by atoms with Crippen molar-refractivity contribution in [3.63, 3.8) is 0 Å². The Kier molecular flexibility index (Phi) is 3.00. The predicted molar refractivity (Wildman–Crippen MR) is 70.9 cm³/mol. The molecule has 0 N–H and O–H groups in total. The number of nitrogens with zero attached hydrogens (tertiary/aromatic N) is 4. The van der Waals surface area contributed by atoms with Crippen LogP contribution in [0.4, 0.5) is 0 Å². The average molecular weight is 270 g/mol. The highest BCUT2D eigenvalue weighted by Crippen LogP contribution is 2.21. The smallest absolute Gasteiger partial charge is 0.312 e. The molecule has 0 aliphatic heterocycles. The molecule has 0 radical (unpaired) electrons. The molecule has 2 heterocycles. The third-order valence-corrected chi connectivity index (χ3v) is 3.45. The molecule has 0 unspecified atom stereocenters. The van der Waals surface area contributed by atoms with Crippen LogP contribution in [-0.4, -0.2) is 20.8 Å². The lowest BCUT2D eigenvalue weighted by molar-refractivity contribution is -0.591. The summed E-state index contributed by atoms with van der Waals surface area (Å²) in [7, 11) is 0. The zero-order valence-electron chi connectivity index (χ0n) is 9.98. The number of hydrogen-bond acceptors (Lipinski definition) is 5. The Bertz CT molecular complexity index is 775. The van der Waals surface area contributed by atoms with Crippen molar-refractivity contribution in [2.24, 2.45) is 0 Å². The van der Waals surface area contributed by atoms with E-state index in [-0.39, 0.29) is 5.88 Å². The van der Waals surface area contributed by atoms with Crippen molar-refractivity contribution in [3.05, 3.63) is 43.2 Å². The van der Waals surface area contributed by atoms with Crippen LogP contribution >= 0.6 is 11.8 Å². The Morgan fingerprint density at radius 3 is 3.05 bits per heavy atom. The van der Waals surface area contributed by atoms with Gasteiger partial charge in [0.25, 0.3) is 0 Å². The van der Waals surface area contributed by atoms with E-state index in [1.807, 2.05) is 24.3 Å². The average Bonchev–Trinajstić information content (AvgIpc) is 2.44. The number of hydrogen-bond donors (Lipinski definition) is 0. The SMILES string of the molecule is C=CCSc1nc([O-])c2c3ccccc3nc[n+]2n1. The number of fused-ring (bicyclic) bond motifs is 3. The summed E-state index contributed by atoms with van der Waals surface area (Å²) >= 11 is 1.37. The van der Waals surface area contributed by atoms with Crippen molar-refractivity contribution in [1.82, 2.24) is 15.1 Å². The molecule has 94 valence electrons. The van der Waals surface area contributed by atoms with Gasteiger partial charge >= 0.3 is 6.33 Å². The molecule has 19 heavy (non-hydrogen) atoms. The van der Waals surface area contributed by atoms with Crippen molar-refractivity contribution >= 4 is 28.2 Å². The normalized spacial score (nSPS) is 10.9. The second-order valence-electron chi connectivity index (χ2n) is 3.85. The van der Waals surface area contributed by atoms with Crippen LogP contribution in [0.15, 0.2) is 48.4 Å². The van der Waals surface area contributed by atoms with E-state index in [2.05, 4.69) is 21.6 Å². The molecule has 0 atom stereocenters. The lowest BCUT2D eigenvalue weighted by Gasteiger charge is -2.07. The van der Waals surface area contributed by atoms with Crippen molar-refractivity contribution in [1.29, 1.82) is 0 Å². The van der Waals surface area contributed by atoms with Crippen LogP contribution in [-0.2, 0) is 0 Å². The largest absolute Gasteiger partial charge is 0.856 e. The highest BCUT2D eigenvalue weighted by atomic mass is 32.2. The van der Waals surface area contributed by atoms with Crippen LogP contribution in [0, 0.1) is 0 Å². The van der Waals surface area contributed by atoms with Crippen LogP contribution in [0.3, 0.4) is 0 Å². The highest BCUT2D eigenvalue weighted by molar-refractivity contribution is 7.99. The molecule has 2 aromatic heterocycles. The first-order valence-corrected chi connectivity index (χ1v) is 6.66. The Labute approximate surface area is 113 Å². The fourth-order valence-corrected chi connectivity index (χ4v) is 2.38. The standard InChI is InChI=1S/C13H10N4OS/c1-2-7-19-13-15-12(18)11-9-5-3-4-6-10(9)14-8-17(11)16-13/h2-6,8H,1,7H2. The van der Waals surface area contributed by atoms with Crippen molar-refractivity contribution in [2.45, 2.75) is 5.16 Å². The maximum absolute atomic E-state index is 12.1. The molecule has 0 saturated heterocycles. The summed E-state index contributed by atoms with van der Waals surface area (Å²) in [5, 5.41) is 17.6. The van der Waals surface area contributed by atoms with E-state index in [9.17, 15) is 5.11 Å². The first kappa shape index (κ1) is 11.9. The van der Waals surface area contributed by atoms with Gasteiger partial charge in [0.2, 0.25) is 5.16 Å². The Morgan fingerprint density at radius 2 is 2.21 bits per heavy atom. The maximum Gasteiger partial charge on any atom is 0.312 e. The van der Waals surface area contributed by atoms with Gasteiger partial charge in [-0.05, 0) is 17.1 Å². The predicted octanol–water partition coefficient (Wildman–Crippen LogP) is 1.12. The molecular weight excluding hydrogens is 260 g/mol. The molecule has 0 aliphatic rings. The van der Waals surface area contributed by atoms with Gasteiger partial charge in [-0.3, -0.25) is 0 Å². The number of rotatable bonds is 3. The summed E-state index contributed by atoms with van der Waals surface area (Å²) in [6.45, 7) is 3.63. The zero-order valence-corrected chi connectivity index (χ0v) is 10.8. The van der Waals surface area contributed by atoms with Gasteiger partial charge in [0.1, 0.15) is 0 Å². The molecule has 3 aromatic rings. The number of thioether (sulfide) groups is 1. The molecule has 6 heteroatoms. The fourth-order valence-electron chi connectivity index (χ4n) is 1.82. The van der Waals surface area contributed by atoms with Crippen LogP contribution in [0.5, 0.6) is 5.88 Å². The van der Waals surface area contributed by atoms with Gasteiger partial charge in [-0.25, -0.2) is 4.98 Å². The van der Waals surface area contributed by atoms with Gasteiger partial charge in [0, 0.05) is 11.6 Å². The quantitative estimate of drug-likeness (QED) is 0.309. The number of aromatic nitrogens is 4. The molecule has 0 saturated carbocycles. The van der Waals surface area contributed by atoms with Gasteiger partial charge in [0.15, 0.2) is 11.0 Å². The Morgan fingerprint density at radius 1 is 1.37 bits per heavy atom. The molecule has 5 nitrogen and oxygen atoms in total. The van der Waals surface area contributed by atoms with Gasteiger partial charge in [-0.1, -0.05) is 39.6 Å². The summed E-state index contributed by atoms with van der Waals surface area (Å²) in [5.41, 5.74) is 1.21.